The predicted molar refractivity (Wildman–Crippen MR) is 76.0 cm³/mol. The van der Waals surface area contributed by atoms with Crippen LogP contribution in [0.3, 0.4) is 0 Å². The molecule has 1 N–H and O–H groups in total. The van der Waals surface area contributed by atoms with Crippen molar-refractivity contribution in [2.45, 2.75) is 38.9 Å². The van der Waals surface area contributed by atoms with Gasteiger partial charge < -0.3 is 9.73 Å². The van der Waals surface area contributed by atoms with Crippen molar-refractivity contribution in [1.82, 2.24) is 15.1 Å². The normalized spacial score (nSPS) is 21.9. The minimum atomic E-state index is 0.912. The van der Waals surface area contributed by atoms with E-state index in [1.165, 1.54) is 44.6 Å². The summed E-state index contributed by atoms with van der Waals surface area (Å²) in [5, 5.41) is 3.37. The average molecular weight is 263 g/mol. The Morgan fingerprint density at radius 1 is 1.26 bits per heavy atom. The van der Waals surface area contributed by atoms with Crippen molar-refractivity contribution < 1.29 is 4.42 Å². The van der Waals surface area contributed by atoms with Crippen LogP contribution in [0.4, 0.5) is 0 Å². The molecule has 1 saturated heterocycles. The van der Waals surface area contributed by atoms with Crippen molar-refractivity contribution in [3.63, 3.8) is 0 Å². The predicted octanol–water partition coefficient (Wildman–Crippen LogP) is 1.67. The average Bonchev–Trinajstić information content (AvgIpc) is 3.19. The van der Waals surface area contributed by atoms with Crippen LogP contribution in [-0.4, -0.2) is 48.6 Å². The molecule has 4 heteroatoms. The molecule has 0 radical (unpaired) electrons. The number of rotatable bonds is 6. The smallest absolute Gasteiger partial charge is 0.122 e. The summed E-state index contributed by atoms with van der Waals surface area (Å²) in [5.74, 6) is 1.14. The van der Waals surface area contributed by atoms with E-state index in [1.54, 1.807) is 0 Å². The SMILES string of the molecule is CCNCc1ccoc1CN1CCN(C2CC2)CC1. The Morgan fingerprint density at radius 3 is 2.74 bits per heavy atom. The molecular formula is C15H25N3O. The Balaban J connectivity index is 1.49. The van der Waals surface area contributed by atoms with Gasteiger partial charge >= 0.3 is 0 Å². The standard InChI is InChI=1S/C15H25N3O/c1-2-16-11-13-5-10-19-15(13)12-17-6-8-18(9-7-17)14-3-4-14/h5,10,14,16H,2-4,6-9,11-12H2,1H3. The minimum absolute atomic E-state index is 0.912. The van der Waals surface area contributed by atoms with Crippen LogP contribution in [0, 0.1) is 0 Å². The maximum absolute atomic E-state index is 5.66. The van der Waals surface area contributed by atoms with E-state index in [4.69, 9.17) is 4.42 Å². The van der Waals surface area contributed by atoms with Crippen molar-refractivity contribution >= 4 is 0 Å². The summed E-state index contributed by atoms with van der Waals surface area (Å²) >= 11 is 0. The summed E-state index contributed by atoms with van der Waals surface area (Å²) in [7, 11) is 0. The summed E-state index contributed by atoms with van der Waals surface area (Å²) in [6, 6.07) is 3.01. The number of hydrogen-bond donors (Lipinski definition) is 1. The fourth-order valence-electron chi connectivity index (χ4n) is 2.85. The molecule has 2 aliphatic rings. The Morgan fingerprint density at radius 2 is 2.05 bits per heavy atom. The maximum Gasteiger partial charge on any atom is 0.122 e. The number of hydrogen-bond acceptors (Lipinski definition) is 4. The molecule has 2 heterocycles. The lowest BCUT2D eigenvalue weighted by Gasteiger charge is -2.34. The quantitative estimate of drug-likeness (QED) is 0.846. The van der Waals surface area contributed by atoms with Crippen molar-refractivity contribution in [2.24, 2.45) is 0 Å². The van der Waals surface area contributed by atoms with E-state index in [0.717, 1.165) is 31.4 Å². The van der Waals surface area contributed by atoms with E-state index in [1.807, 2.05) is 6.26 Å². The highest BCUT2D eigenvalue weighted by Gasteiger charge is 2.31. The van der Waals surface area contributed by atoms with Crippen LogP contribution >= 0.6 is 0 Å². The number of furan rings is 1. The summed E-state index contributed by atoms with van der Waals surface area (Å²) < 4.78 is 5.66. The first-order valence-corrected chi connectivity index (χ1v) is 7.59. The lowest BCUT2D eigenvalue weighted by molar-refractivity contribution is 0.115. The molecule has 0 atom stereocenters. The summed E-state index contributed by atoms with van der Waals surface area (Å²) in [6.07, 6.45) is 4.67. The van der Waals surface area contributed by atoms with Gasteiger partial charge in [-0.3, -0.25) is 9.80 Å². The fourth-order valence-corrected chi connectivity index (χ4v) is 2.85. The highest BCUT2D eigenvalue weighted by Crippen LogP contribution is 2.27. The van der Waals surface area contributed by atoms with Gasteiger partial charge in [-0.1, -0.05) is 6.92 Å². The third-order valence-corrected chi connectivity index (χ3v) is 4.24. The second kappa shape index (κ2) is 6.07. The van der Waals surface area contributed by atoms with Gasteiger partial charge in [0.2, 0.25) is 0 Å². The van der Waals surface area contributed by atoms with Gasteiger partial charge in [0.25, 0.3) is 0 Å². The first-order chi connectivity index (χ1) is 9.36. The van der Waals surface area contributed by atoms with Crippen LogP contribution in [-0.2, 0) is 13.1 Å². The van der Waals surface area contributed by atoms with E-state index < -0.39 is 0 Å². The highest BCUT2D eigenvalue weighted by atomic mass is 16.3. The molecule has 0 spiro atoms. The van der Waals surface area contributed by atoms with Crippen LogP contribution < -0.4 is 5.32 Å². The van der Waals surface area contributed by atoms with Gasteiger partial charge in [-0.25, -0.2) is 0 Å². The second-order valence-electron chi connectivity index (χ2n) is 5.69. The van der Waals surface area contributed by atoms with Gasteiger partial charge in [-0.05, 0) is 25.5 Å². The topological polar surface area (TPSA) is 31.7 Å². The van der Waals surface area contributed by atoms with Crippen molar-refractivity contribution in [3.8, 4) is 0 Å². The van der Waals surface area contributed by atoms with Crippen LogP contribution in [0.15, 0.2) is 16.7 Å². The van der Waals surface area contributed by atoms with Gasteiger partial charge in [0.1, 0.15) is 5.76 Å². The van der Waals surface area contributed by atoms with Gasteiger partial charge in [-0.2, -0.15) is 0 Å². The molecule has 1 aliphatic carbocycles. The molecular weight excluding hydrogens is 238 g/mol. The highest BCUT2D eigenvalue weighted by molar-refractivity contribution is 5.16. The molecule has 2 fully saturated rings. The van der Waals surface area contributed by atoms with Crippen molar-refractivity contribution in [3.05, 3.63) is 23.7 Å². The summed E-state index contributed by atoms with van der Waals surface area (Å²) in [5.41, 5.74) is 1.31. The van der Waals surface area contributed by atoms with Gasteiger partial charge in [0.15, 0.2) is 0 Å². The number of piperazine rings is 1. The molecule has 1 aromatic rings. The summed E-state index contributed by atoms with van der Waals surface area (Å²) in [6.45, 7) is 9.84. The van der Waals surface area contributed by atoms with E-state index in [2.05, 4.69) is 28.1 Å². The Labute approximate surface area is 115 Å². The first kappa shape index (κ1) is 13.2. The first-order valence-electron chi connectivity index (χ1n) is 7.59. The lowest BCUT2D eigenvalue weighted by Crippen LogP contribution is -2.46. The minimum Gasteiger partial charge on any atom is -0.468 e. The van der Waals surface area contributed by atoms with Gasteiger partial charge in [0, 0.05) is 44.3 Å². The zero-order valence-electron chi connectivity index (χ0n) is 11.9. The fraction of sp³-hybridized carbons (Fsp3) is 0.733. The Bertz CT molecular complexity index is 392. The molecule has 0 amide bonds. The van der Waals surface area contributed by atoms with Crippen LogP contribution in [0.25, 0.3) is 0 Å². The zero-order chi connectivity index (χ0) is 13.1. The van der Waals surface area contributed by atoms with Crippen molar-refractivity contribution in [1.29, 1.82) is 0 Å². The molecule has 1 aliphatic heterocycles. The molecule has 0 bridgehead atoms. The van der Waals surface area contributed by atoms with Crippen LogP contribution in [0.5, 0.6) is 0 Å². The maximum atomic E-state index is 5.66. The largest absolute Gasteiger partial charge is 0.468 e. The van der Waals surface area contributed by atoms with E-state index >= 15 is 0 Å². The molecule has 1 saturated carbocycles. The molecule has 0 unspecified atom stereocenters. The monoisotopic (exact) mass is 263 g/mol. The lowest BCUT2D eigenvalue weighted by atomic mass is 10.2. The molecule has 0 aromatic carbocycles. The zero-order valence-corrected chi connectivity index (χ0v) is 11.9. The molecule has 3 rings (SSSR count). The molecule has 19 heavy (non-hydrogen) atoms. The summed E-state index contributed by atoms with van der Waals surface area (Å²) in [4.78, 5) is 5.17. The molecule has 4 nitrogen and oxygen atoms in total. The number of nitrogens with one attached hydrogen (secondary N) is 1. The van der Waals surface area contributed by atoms with Gasteiger partial charge in [0.05, 0.1) is 12.8 Å². The Kier molecular flexibility index (Phi) is 4.21. The molecule has 106 valence electrons. The van der Waals surface area contributed by atoms with E-state index in [0.29, 0.717) is 0 Å². The van der Waals surface area contributed by atoms with Crippen LogP contribution in [0.2, 0.25) is 0 Å². The second-order valence-corrected chi connectivity index (χ2v) is 5.69. The van der Waals surface area contributed by atoms with E-state index in [-0.39, 0.29) is 0 Å². The third kappa shape index (κ3) is 3.38. The van der Waals surface area contributed by atoms with Gasteiger partial charge in [-0.15, -0.1) is 0 Å². The van der Waals surface area contributed by atoms with Crippen LogP contribution in [0.1, 0.15) is 31.1 Å². The third-order valence-electron chi connectivity index (χ3n) is 4.24. The van der Waals surface area contributed by atoms with E-state index in [9.17, 15) is 0 Å². The Hall–Kier alpha value is -0.840. The van der Waals surface area contributed by atoms with Crippen molar-refractivity contribution in [2.75, 3.05) is 32.7 Å². The molecule has 1 aromatic heterocycles. The number of nitrogens with zero attached hydrogens (tertiary/aromatic N) is 2.